The average Bonchev–Trinajstić information content (AvgIpc) is 3.55. The van der Waals surface area contributed by atoms with Crippen molar-refractivity contribution in [2.75, 3.05) is 32.5 Å². The van der Waals surface area contributed by atoms with Gasteiger partial charge in [0.1, 0.15) is 0 Å². The fraction of sp³-hybridized carbons (Fsp3) is 0.409. The van der Waals surface area contributed by atoms with Crippen LogP contribution in [0.15, 0.2) is 41.3 Å². The van der Waals surface area contributed by atoms with Crippen LogP contribution < -0.4 is 19.1 Å². The van der Waals surface area contributed by atoms with E-state index < -0.39 is 0 Å². The predicted octanol–water partition coefficient (Wildman–Crippen LogP) is 4.55. The van der Waals surface area contributed by atoms with E-state index in [1.54, 1.807) is 33.1 Å². The molecule has 1 saturated carbocycles. The second kappa shape index (κ2) is 7.59. The molecule has 1 saturated heterocycles. The molecule has 2 fully saturated rings. The van der Waals surface area contributed by atoms with Crippen molar-refractivity contribution in [2.24, 2.45) is 11.8 Å². The molecule has 2 atom stereocenters. The van der Waals surface area contributed by atoms with E-state index in [-0.39, 0.29) is 17.9 Å². The van der Waals surface area contributed by atoms with Crippen molar-refractivity contribution >= 4 is 23.4 Å². The highest BCUT2D eigenvalue weighted by Gasteiger charge is 2.55. The lowest BCUT2D eigenvalue weighted by Gasteiger charge is -2.48. The van der Waals surface area contributed by atoms with Gasteiger partial charge in [-0.3, -0.25) is 4.79 Å². The molecule has 0 spiro atoms. The maximum absolute atomic E-state index is 13.1. The summed E-state index contributed by atoms with van der Waals surface area (Å²) in [5, 5.41) is 0. The van der Waals surface area contributed by atoms with E-state index in [1.807, 2.05) is 17.0 Å². The molecule has 2 unspecified atom stereocenters. The molecule has 148 valence electrons. The Morgan fingerprint density at radius 1 is 0.964 bits per heavy atom. The maximum atomic E-state index is 13.1. The number of rotatable bonds is 7. The molecule has 1 aliphatic carbocycles. The van der Waals surface area contributed by atoms with Crippen molar-refractivity contribution in [1.29, 1.82) is 0 Å². The monoisotopic (exact) mass is 399 g/mol. The first-order valence-electron chi connectivity index (χ1n) is 9.40. The summed E-state index contributed by atoms with van der Waals surface area (Å²) in [6.45, 7) is 0. The van der Waals surface area contributed by atoms with Crippen LogP contribution in [-0.4, -0.2) is 33.5 Å². The second-order valence-corrected chi connectivity index (χ2v) is 8.05. The van der Waals surface area contributed by atoms with E-state index in [4.69, 9.17) is 14.2 Å². The highest BCUT2D eigenvalue weighted by atomic mass is 32.2. The third kappa shape index (κ3) is 3.09. The van der Waals surface area contributed by atoms with E-state index in [9.17, 15) is 4.79 Å². The van der Waals surface area contributed by atoms with E-state index in [2.05, 4.69) is 30.5 Å². The SMILES string of the molecule is COc1cc(N2C(=O)C(C3CC3)C2c2ccc(SC)cc2)cc(OC)c1OC. The Bertz CT molecular complexity index is 854. The van der Waals surface area contributed by atoms with Crippen LogP contribution in [-0.2, 0) is 4.79 Å². The van der Waals surface area contributed by atoms with Gasteiger partial charge in [0.15, 0.2) is 11.5 Å². The maximum Gasteiger partial charge on any atom is 0.233 e. The normalized spacial score (nSPS) is 21.3. The van der Waals surface area contributed by atoms with Crippen molar-refractivity contribution in [3.8, 4) is 17.2 Å². The molecule has 2 aromatic carbocycles. The summed E-state index contributed by atoms with van der Waals surface area (Å²) in [6, 6.07) is 12.3. The summed E-state index contributed by atoms with van der Waals surface area (Å²) in [5.74, 6) is 2.36. The molecule has 1 amide bonds. The standard InChI is InChI=1S/C22H25NO4S/c1-25-17-11-15(12-18(26-2)21(17)27-3)23-20(19(22(23)24)13-5-6-13)14-7-9-16(28-4)10-8-14/h7-13,19-20H,5-6H2,1-4H3. The number of carbonyl (C=O) groups is 1. The average molecular weight is 400 g/mol. The first kappa shape index (κ1) is 19.0. The summed E-state index contributed by atoms with van der Waals surface area (Å²) in [4.78, 5) is 16.2. The molecule has 0 radical (unpaired) electrons. The number of thioether (sulfide) groups is 1. The van der Waals surface area contributed by atoms with E-state index >= 15 is 0 Å². The Kier molecular flexibility index (Phi) is 5.15. The fourth-order valence-electron chi connectivity index (χ4n) is 4.08. The van der Waals surface area contributed by atoms with Crippen LogP contribution in [0.4, 0.5) is 5.69 Å². The number of methoxy groups -OCH3 is 3. The lowest BCUT2D eigenvalue weighted by atomic mass is 9.78. The number of amides is 1. The van der Waals surface area contributed by atoms with Crippen LogP contribution in [0.3, 0.4) is 0 Å². The summed E-state index contributed by atoms with van der Waals surface area (Å²) >= 11 is 1.72. The van der Waals surface area contributed by atoms with Gasteiger partial charge in [0.2, 0.25) is 11.7 Å². The number of β-lactam (4-membered cyclic amide) rings is 1. The van der Waals surface area contributed by atoms with Gasteiger partial charge in [0.25, 0.3) is 0 Å². The zero-order chi connectivity index (χ0) is 19.8. The van der Waals surface area contributed by atoms with Gasteiger partial charge in [-0.15, -0.1) is 11.8 Å². The van der Waals surface area contributed by atoms with Gasteiger partial charge in [0.05, 0.1) is 39.0 Å². The van der Waals surface area contributed by atoms with Crippen LogP contribution in [0.2, 0.25) is 0 Å². The van der Waals surface area contributed by atoms with Gasteiger partial charge in [0, 0.05) is 17.0 Å². The van der Waals surface area contributed by atoms with Crippen molar-refractivity contribution in [3.63, 3.8) is 0 Å². The minimum absolute atomic E-state index is 0.0405. The summed E-state index contributed by atoms with van der Waals surface area (Å²) in [7, 11) is 4.75. The number of nitrogens with zero attached hydrogens (tertiary/aromatic N) is 1. The van der Waals surface area contributed by atoms with Gasteiger partial charge >= 0.3 is 0 Å². The zero-order valence-electron chi connectivity index (χ0n) is 16.6. The molecule has 0 N–H and O–H groups in total. The van der Waals surface area contributed by atoms with Gasteiger partial charge < -0.3 is 19.1 Å². The summed E-state index contributed by atoms with van der Waals surface area (Å²) in [6.07, 6.45) is 4.34. The van der Waals surface area contributed by atoms with Crippen LogP contribution >= 0.6 is 11.8 Å². The molecular weight excluding hydrogens is 374 g/mol. The van der Waals surface area contributed by atoms with Crippen molar-refractivity contribution in [1.82, 2.24) is 0 Å². The molecule has 1 aliphatic heterocycles. The first-order valence-corrected chi connectivity index (χ1v) is 10.6. The number of hydrogen-bond acceptors (Lipinski definition) is 5. The van der Waals surface area contributed by atoms with Gasteiger partial charge in [-0.1, -0.05) is 12.1 Å². The molecule has 0 bridgehead atoms. The highest BCUT2D eigenvalue weighted by Crippen LogP contribution is 2.55. The number of anilines is 1. The smallest absolute Gasteiger partial charge is 0.233 e. The summed E-state index contributed by atoms with van der Waals surface area (Å²) in [5.41, 5.74) is 1.94. The number of ether oxygens (including phenoxy) is 3. The Balaban J connectivity index is 1.75. The third-order valence-electron chi connectivity index (χ3n) is 5.66. The van der Waals surface area contributed by atoms with Gasteiger partial charge in [-0.05, 0) is 42.7 Å². The molecule has 2 aliphatic rings. The van der Waals surface area contributed by atoms with Crippen LogP contribution in [0.1, 0.15) is 24.4 Å². The van der Waals surface area contributed by atoms with Crippen molar-refractivity contribution in [2.45, 2.75) is 23.8 Å². The first-order chi connectivity index (χ1) is 13.6. The second-order valence-electron chi connectivity index (χ2n) is 7.17. The topological polar surface area (TPSA) is 48.0 Å². The fourth-order valence-corrected chi connectivity index (χ4v) is 4.49. The van der Waals surface area contributed by atoms with E-state index in [0.29, 0.717) is 23.2 Å². The van der Waals surface area contributed by atoms with Gasteiger partial charge in [-0.2, -0.15) is 0 Å². The van der Waals surface area contributed by atoms with Crippen LogP contribution in [0, 0.1) is 11.8 Å². The Hall–Kier alpha value is -2.34. The number of hydrogen-bond donors (Lipinski definition) is 0. The largest absolute Gasteiger partial charge is 0.493 e. The van der Waals surface area contributed by atoms with Gasteiger partial charge in [-0.25, -0.2) is 0 Å². The lowest BCUT2D eigenvalue weighted by molar-refractivity contribution is -0.131. The van der Waals surface area contributed by atoms with Crippen molar-refractivity contribution < 1.29 is 19.0 Å². The molecule has 0 aromatic heterocycles. The molecule has 5 nitrogen and oxygen atoms in total. The Morgan fingerprint density at radius 2 is 1.57 bits per heavy atom. The summed E-state index contributed by atoms with van der Waals surface area (Å²) < 4.78 is 16.4. The Labute approximate surface area is 170 Å². The molecule has 2 aromatic rings. The predicted molar refractivity (Wildman–Crippen MR) is 111 cm³/mol. The van der Waals surface area contributed by atoms with Crippen LogP contribution in [0.25, 0.3) is 0 Å². The van der Waals surface area contributed by atoms with Crippen LogP contribution in [0.5, 0.6) is 17.2 Å². The lowest BCUT2D eigenvalue weighted by Crippen LogP contribution is -2.56. The van der Waals surface area contributed by atoms with Crippen molar-refractivity contribution in [3.05, 3.63) is 42.0 Å². The molecular formula is C22H25NO4S. The number of benzene rings is 2. The zero-order valence-corrected chi connectivity index (χ0v) is 17.4. The van der Waals surface area contributed by atoms with E-state index in [1.165, 1.54) is 10.5 Å². The highest BCUT2D eigenvalue weighted by molar-refractivity contribution is 7.98. The third-order valence-corrected chi connectivity index (χ3v) is 6.40. The minimum atomic E-state index is 0.0405. The molecule has 28 heavy (non-hydrogen) atoms. The minimum Gasteiger partial charge on any atom is -0.493 e. The quantitative estimate of drug-likeness (QED) is 0.505. The molecule has 1 heterocycles. The molecule has 4 rings (SSSR count). The molecule has 6 heteroatoms. The Morgan fingerprint density at radius 3 is 2.04 bits per heavy atom. The van der Waals surface area contributed by atoms with E-state index in [0.717, 1.165) is 18.5 Å². The number of carbonyl (C=O) groups excluding carboxylic acids is 1.